The second-order valence-electron chi connectivity index (χ2n) is 8.53. The van der Waals surface area contributed by atoms with Crippen LogP contribution in [0.4, 0.5) is 11.4 Å². The third-order valence-electron chi connectivity index (χ3n) is 6.59. The molecule has 2 N–H and O–H groups in total. The van der Waals surface area contributed by atoms with Gasteiger partial charge in [0.05, 0.1) is 43.7 Å². The zero-order valence-electron chi connectivity index (χ0n) is 18.6. The molecule has 4 aromatic carbocycles. The Hall–Kier alpha value is -3.62. The lowest BCUT2D eigenvalue weighted by Crippen LogP contribution is -2.33. The second-order valence-corrected chi connectivity index (χ2v) is 10.2. The fourth-order valence-corrected chi connectivity index (χ4v) is 5.93. The number of hydrogen-bond acceptors (Lipinski definition) is 6. The first-order valence-corrected chi connectivity index (χ1v) is 12.5. The molecule has 0 spiro atoms. The fourth-order valence-electron chi connectivity index (χ4n) is 4.92. The molecule has 0 saturated heterocycles. The van der Waals surface area contributed by atoms with E-state index < -0.39 is 11.6 Å². The van der Waals surface area contributed by atoms with Crippen molar-refractivity contribution in [2.45, 2.75) is 0 Å². The summed E-state index contributed by atoms with van der Waals surface area (Å²) in [7, 11) is 0. The van der Waals surface area contributed by atoms with Gasteiger partial charge in [-0.05, 0) is 46.3 Å². The number of nitrogens with zero attached hydrogens (tertiary/aromatic N) is 1. The van der Waals surface area contributed by atoms with Gasteiger partial charge in [-0.2, -0.15) is 0 Å². The highest BCUT2D eigenvalue weighted by Gasteiger charge is 2.38. The van der Waals surface area contributed by atoms with Crippen molar-refractivity contribution >= 4 is 73.6 Å². The number of fused-ring (bicyclic) bond motifs is 4. The zero-order valence-corrected chi connectivity index (χ0v) is 21.7. The molecular weight excluding hydrogens is 579 g/mol. The van der Waals surface area contributed by atoms with Gasteiger partial charge in [0.15, 0.2) is 23.1 Å². The van der Waals surface area contributed by atoms with Gasteiger partial charge in [0.25, 0.3) is 0 Å². The molecule has 6 nitrogen and oxygen atoms in total. The van der Waals surface area contributed by atoms with Crippen LogP contribution < -0.4 is 10.9 Å². The van der Waals surface area contributed by atoms with E-state index in [9.17, 15) is 19.2 Å². The van der Waals surface area contributed by atoms with Gasteiger partial charge in [-0.25, -0.2) is 5.84 Å². The predicted octanol–water partition coefficient (Wildman–Crippen LogP) is 6.32. The van der Waals surface area contributed by atoms with E-state index in [1.165, 1.54) is 18.2 Å². The third kappa shape index (κ3) is 3.29. The van der Waals surface area contributed by atoms with Gasteiger partial charge in [0.2, 0.25) is 0 Å². The minimum absolute atomic E-state index is 0.0122. The largest absolute Gasteiger partial charge is 0.289 e. The lowest BCUT2D eigenvalue weighted by atomic mass is 9.82. The van der Waals surface area contributed by atoms with Gasteiger partial charge >= 0.3 is 0 Å². The van der Waals surface area contributed by atoms with Crippen LogP contribution in [0.2, 0.25) is 10.0 Å². The first-order valence-electron chi connectivity index (χ1n) is 11.0. The number of ketones is 4. The van der Waals surface area contributed by atoms with Crippen molar-refractivity contribution in [2.75, 3.05) is 5.01 Å². The minimum atomic E-state index is -0.531. The first-order chi connectivity index (χ1) is 17.7. The molecule has 37 heavy (non-hydrogen) atoms. The Kier molecular flexibility index (Phi) is 5.43. The molecule has 0 bridgehead atoms. The van der Waals surface area contributed by atoms with Crippen LogP contribution >= 0.6 is 39.1 Å². The monoisotopic (exact) mass is 590 g/mol. The smallest absolute Gasteiger partial charge is 0.198 e. The van der Waals surface area contributed by atoms with Crippen molar-refractivity contribution in [2.24, 2.45) is 5.84 Å². The highest BCUT2D eigenvalue weighted by molar-refractivity contribution is 9.10. The van der Waals surface area contributed by atoms with Crippen LogP contribution in [-0.2, 0) is 0 Å². The van der Waals surface area contributed by atoms with Crippen LogP contribution in [0.3, 0.4) is 0 Å². The molecular formula is C28H13BrCl2N2O4. The van der Waals surface area contributed by atoms with Gasteiger partial charge in [-0.1, -0.05) is 59.6 Å². The van der Waals surface area contributed by atoms with Gasteiger partial charge in [0, 0.05) is 26.7 Å². The van der Waals surface area contributed by atoms with E-state index in [4.69, 9.17) is 29.0 Å². The number of rotatable bonds is 2. The average Bonchev–Trinajstić information content (AvgIpc) is 2.90. The number of carbonyl (C=O) groups is 4. The molecule has 2 aliphatic carbocycles. The van der Waals surface area contributed by atoms with Crippen LogP contribution in [0.15, 0.2) is 71.2 Å². The molecule has 0 radical (unpaired) electrons. The quantitative estimate of drug-likeness (QED) is 0.187. The molecule has 180 valence electrons. The summed E-state index contributed by atoms with van der Waals surface area (Å²) < 4.78 is 0.419. The summed E-state index contributed by atoms with van der Waals surface area (Å²) in [6.45, 7) is 0. The number of nitrogens with two attached hydrogens (primary N) is 1. The molecule has 0 saturated carbocycles. The summed E-state index contributed by atoms with van der Waals surface area (Å²) in [5.41, 5.74) is 1.31. The van der Waals surface area contributed by atoms with Crippen LogP contribution in [-0.4, -0.2) is 23.1 Å². The Morgan fingerprint density at radius 2 is 1.11 bits per heavy atom. The highest BCUT2D eigenvalue weighted by Crippen LogP contribution is 2.44. The number of benzene rings is 4. The van der Waals surface area contributed by atoms with E-state index in [-0.39, 0.29) is 71.9 Å². The molecule has 0 fully saturated rings. The fraction of sp³-hybridized carbons (Fsp3) is 0. The van der Waals surface area contributed by atoms with Crippen LogP contribution in [0.25, 0.3) is 0 Å². The predicted molar refractivity (Wildman–Crippen MR) is 144 cm³/mol. The third-order valence-corrected chi connectivity index (χ3v) is 7.86. The molecule has 4 aromatic rings. The summed E-state index contributed by atoms with van der Waals surface area (Å²) in [5.74, 6) is 4.90. The maximum atomic E-state index is 13.7. The maximum absolute atomic E-state index is 13.7. The lowest BCUT2D eigenvalue weighted by Gasteiger charge is -2.30. The van der Waals surface area contributed by atoms with Crippen molar-refractivity contribution in [3.05, 3.63) is 126 Å². The Labute approximate surface area is 228 Å². The zero-order chi connectivity index (χ0) is 26.2. The summed E-state index contributed by atoms with van der Waals surface area (Å²) in [4.78, 5) is 54.0. The van der Waals surface area contributed by atoms with Gasteiger partial charge in [-0.15, -0.1) is 0 Å². The van der Waals surface area contributed by atoms with Crippen molar-refractivity contribution < 1.29 is 19.2 Å². The standard InChI is InChI=1S/C28H13BrCl2N2O4/c29-16-9-8-15-21(26(35)13-5-2-1-4-12(13)25(15)34)24(16)33(32)19-7-3-6-14-20(19)28(37)23-18(31)11-10-17(30)22(23)27(14)36/h1-11H,32H2. The molecule has 2 aliphatic rings. The maximum Gasteiger partial charge on any atom is 0.198 e. The highest BCUT2D eigenvalue weighted by atomic mass is 79.9. The van der Waals surface area contributed by atoms with E-state index in [1.807, 2.05) is 0 Å². The molecule has 9 heteroatoms. The van der Waals surface area contributed by atoms with Crippen molar-refractivity contribution in [3.8, 4) is 0 Å². The second kappa shape index (κ2) is 8.46. The number of hydrazine groups is 1. The van der Waals surface area contributed by atoms with Crippen molar-refractivity contribution in [3.63, 3.8) is 0 Å². The van der Waals surface area contributed by atoms with E-state index in [0.717, 1.165) is 5.01 Å². The number of anilines is 2. The van der Waals surface area contributed by atoms with Crippen molar-refractivity contribution in [1.82, 2.24) is 0 Å². The van der Waals surface area contributed by atoms with Gasteiger partial charge < -0.3 is 0 Å². The van der Waals surface area contributed by atoms with E-state index in [2.05, 4.69) is 15.9 Å². The van der Waals surface area contributed by atoms with E-state index >= 15 is 0 Å². The first kappa shape index (κ1) is 23.8. The van der Waals surface area contributed by atoms with Gasteiger partial charge in [0.1, 0.15) is 0 Å². The normalized spacial score (nSPS) is 13.6. The number of hydrogen-bond donors (Lipinski definition) is 1. The summed E-state index contributed by atoms with van der Waals surface area (Å²) in [6, 6.07) is 17.3. The molecule has 0 atom stereocenters. The molecule has 0 aromatic heterocycles. The van der Waals surface area contributed by atoms with Crippen LogP contribution in [0.1, 0.15) is 63.7 Å². The topological polar surface area (TPSA) is 97.5 Å². The van der Waals surface area contributed by atoms with Crippen molar-refractivity contribution in [1.29, 1.82) is 0 Å². The minimum Gasteiger partial charge on any atom is -0.289 e. The molecule has 0 heterocycles. The van der Waals surface area contributed by atoms with E-state index in [1.54, 1.807) is 48.5 Å². The van der Waals surface area contributed by atoms with Gasteiger partial charge in [-0.3, -0.25) is 24.2 Å². The van der Waals surface area contributed by atoms with Crippen LogP contribution in [0.5, 0.6) is 0 Å². The number of halogens is 3. The van der Waals surface area contributed by atoms with Crippen LogP contribution in [0, 0.1) is 0 Å². The lowest BCUT2D eigenvalue weighted by molar-refractivity contribution is 0.0979. The summed E-state index contributed by atoms with van der Waals surface area (Å²) in [5, 5.41) is 1.34. The Balaban J connectivity index is 1.58. The summed E-state index contributed by atoms with van der Waals surface area (Å²) in [6.07, 6.45) is 0. The molecule has 6 rings (SSSR count). The molecule has 0 amide bonds. The van der Waals surface area contributed by atoms with E-state index in [0.29, 0.717) is 10.0 Å². The SMILES string of the molecule is NN(c1cccc2c1C(=O)c1c(Cl)ccc(Cl)c1C2=O)c1c(Br)ccc2c1C(=O)c1ccccc1C2=O. The Bertz CT molecular complexity index is 1770. The molecule has 0 unspecified atom stereocenters. The number of carbonyl (C=O) groups excluding carboxylic acids is 4. The average molecular weight is 592 g/mol. The molecule has 0 aliphatic heterocycles. The summed E-state index contributed by atoms with van der Waals surface area (Å²) >= 11 is 16.0. The Morgan fingerprint density at radius 1 is 0.568 bits per heavy atom. The Morgan fingerprint density at radius 3 is 1.78 bits per heavy atom.